The summed E-state index contributed by atoms with van der Waals surface area (Å²) in [5.74, 6) is 3.50. The molecule has 0 heterocycles. The third-order valence-electron chi connectivity index (χ3n) is 11.3. The van der Waals surface area contributed by atoms with Crippen LogP contribution >= 0.6 is 0 Å². The number of nitrogens with one attached hydrogen (secondary N) is 1. The monoisotopic (exact) mass is 901 g/mol. The van der Waals surface area contributed by atoms with E-state index in [1.54, 1.807) is 14.2 Å². The van der Waals surface area contributed by atoms with Gasteiger partial charge in [-0.1, -0.05) is 126 Å². The van der Waals surface area contributed by atoms with E-state index >= 15 is 0 Å². The molecule has 0 aromatic heterocycles. The van der Waals surface area contributed by atoms with E-state index in [1.807, 2.05) is 81.8 Å². The Balaban J connectivity index is 0.000000345. The van der Waals surface area contributed by atoms with Gasteiger partial charge < -0.3 is 48.9 Å². The van der Waals surface area contributed by atoms with E-state index in [-0.39, 0.29) is 12.2 Å². The molecule has 65 heavy (non-hydrogen) atoms. The molecule has 10 heteroatoms. The maximum atomic E-state index is 10.4. The van der Waals surface area contributed by atoms with Crippen LogP contribution < -0.4 is 24.3 Å². The fourth-order valence-electron chi connectivity index (χ4n) is 7.55. The number of hydrogen-bond acceptors (Lipinski definition) is 10. The Bertz CT molecular complexity index is 1760. The highest BCUT2D eigenvalue weighted by Gasteiger charge is 2.19. The highest BCUT2D eigenvalue weighted by atomic mass is 16.6. The van der Waals surface area contributed by atoms with E-state index in [1.165, 1.54) is 60.8 Å². The van der Waals surface area contributed by atoms with Gasteiger partial charge in [-0.15, -0.1) is 0 Å². The maximum absolute atomic E-state index is 10.4. The lowest BCUT2D eigenvalue weighted by atomic mass is 10.0. The molecular formula is C55H84N2O8. The molecule has 4 rings (SSSR count). The number of likely N-dealkylation sites (N-methyl/N-ethyl adjacent to an activating group) is 2. The van der Waals surface area contributed by atoms with Crippen molar-refractivity contribution < 1.29 is 38.6 Å². The van der Waals surface area contributed by atoms with Crippen LogP contribution in [0.1, 0.15) is 113 Å². The molecular weight excluding hydrogens is 817 g/mol. The standard InChI is InChI=1S/C28H43NO4.C27H41NO4/c1-5-6-7-8-9-14-28(30)33-26(21-29(2)3)22-32-27-13-11-10-12-24(27)18-15-23-16-19-25(31-4)20-17-23;1-4-5-6-7-8-13-27(29)32-25(20-28-2)21-31-26-12-10-9-11-23(26)17-14-22-15-18-24(30-3)19-16-22/h10-13,16-17,19-20,26,28,30H,5-9,14-15,18,21-22H2,1-4H3;9-12,15-16,18-19,25,27-29H,4-8,13-14,17,20-21H2,1-3H3/t26-,28?;/m1./s1. The van der Waals surface area contributed by atoms with Crippen molar-refractivity contribution in [1.82, 2.24) is 10.2 Å². The molecule has 0 saturated heterocycles. The van der Waals surface area contributed by atoms with Crippen molar-refractivity contribution in [3.8, 4) is 23.0 Å². The number of unbranched alkanes of at least 4 members (excludes halogenated alkanes) is 8. The van der Waals surface area contributed by atoms with Crippen molar-refractivity contribution >= 4 is 0 Å². The van der Waals surface area contributed by atoms with E-state index in [4.69, 9.17) is 28.4 Å². The number of benzene rings is 4. The highest BCUT2D eigenvalue weighted by Crippen LogP contribution is 2.24. The number of para-hydroxylation sites is 2. The molecule has 0 spiro atoms. The largest absolute Gasteiger partial charge is 0.497 e. The quantitative estimate of drug-likeness (QED) is 0.0310. The molecule has 0 fully saturated rings. The van der Waals surface area contributed by atoms with Crippen LogP contribution in [0.15, 0.2) is 97.1 Å². The van der Waals surface area contributed by atoms with Gasteiger partial charge in [-0.05, 0) is 131 Å². The van der Waals surface area contributed by atoms with Gasteiger partial charge in [0.25, 0.3) is 0 Å². The smallest absolute Gasteiger partial charge is 0.155 e. The Kier molecular flexibility index (Phi) is 29.0. The number of rotatable bonds is 34. The minimum Gasteiger partial charge on any atom is -0.497 e. The summed E-state index contributed by atoms with van der Waals surface area (Å²) in [7, 11) is 9.27. The maximum Gasteiger partial charge on any atom is 0.155 e. The van der Waals surface area contributed by atoms with E-state index < -0.39 is 12.6 Å². The second kappa shape index (κ2) is 34.2. The zero-order valence-corrected chi connectivity index (χ0v) is 41.0. The van der Waals surface area contributed by atoms with Crippen molar-refractivity contribution in [3.63, 3.8) is 0 Å². The molecule has 10 nitrogen and oxygen atoms in total. The lowest BCUT2D eigenvalue weighted by molar-refractivity contribution is -0.151. The number of aryl methyl sites for hydroxylation is 4. The molecule has 0 bridgehead atoms. The normalized spacial score (nSPS) is 13.1. The van der Waals surface area contributed by atoms with Crippen LogP contribution in [-0.2, 0) is 35.2 Å². The van der Waals surface area contributed by atoms with Crippen molar-refractivity contribution in [2.45, 2.75) is 141 Å². The Hall–Kier alpha value is -4.16. The summed E-state index contributed by atoms with van der Waals surface area (Å²) in [4.78, 5) is 2.07. The van der Waals surface area contributed by atoms with Gasteiger partial charge in [0.1, 0.15) is 48.4 Å². The predicted molar refractivity (Wildman–Crippen MR) is 266 cm³/mol. The number of aliphatic hydroxyl groups excluding tert-OH is 2. The number of hydrogen-bond donors (Lipinski definition) is 3. The van der Waals surface area contributed by atoms with Crippen LogP contribution in [-0.4, -0.2) is 102 Å². The van der Waals surface area contributed by atoms with Gasteiger partial charge in [-0.25, -0.2) is 0 Å². The van der Waals surface area contributed by atoms with Gasteiger partial charge in [0.2, 0.25) is 0 Å². The zero-order chi connectivity index (χ0) is 46.9. The lowest BCUT2D eigenvalue weighted by Crippen LogP contribution is -2.36. The van der Waals surface area contributed by atoms with Crippen LogP contribution in [0, 0.1) is 0 Å². The molecule has 362 valence electrons. The van der Waals surface area contributed by atoms with E-state index in [0.29, 0.717) is 39.1 Å². The van der Waals surface area contributed by atoms with Crippen LogP contribution in [0.25, 0.3) is 0 Å². The van der Waals surface area contributed by atoms with Gasteiger partial charge in [-0.2, -0.15) is 0 Å². The first kappa shape index (κ1) is 55.2. The van der Waals surface area contributed by atoms with Crippen LogP contribution in [0.3, 0.4) is 0 Å². The third-order valence-corrected chi connectivity index (χ3v) is 11.3. The van der Waals surface area contributed by atoms with E-state index in [9.17, 15) is 10.2 Å². The second-order valence-electron chi connectivity index (χ2n) is 17.2. The van der Waals surface area contributed by atoms with Crippen LogP contribution in [0.4, 0.5) is 0 Å². The molecule has 4 aromatic rings. The van der Waals surface area contributed by atoms with Gasteiger partial charge in [0.05, 0.1) is 14.2 Å². The number of nitrogens with zero attached hydrogens (tertiary/aromatic N) is 1. The highest BCUT2D eigenvalue weighted by molar-refractivity contribution is 5.36. The molecule has 4 aromatic carbocycles. The van der Waals surface area contributed by atoms with E-state index in [0.717, 1.165) is 74.4 Å². The van der Waals surface area contributed by atoms with Gasteiger partial charge in [0.15, 0.2) is 12.6 Å². The van der Waals surface area contributed by atoms with Crippen molar-refractivity contribution in [2.75, 3.05) is 61.7 Å². The molecule has 0 radical (unpaired) electrons. The number of ether oxygens (including phenoxy) is 6. The predicted octanol–water partition coefficient (Wildman–Crippen LogP) is 10.6. The van der Waals surface area contributed by atoms with Gasteiger partial charge >= 0.3 is 0 Å². The molecule has 3 unspecified atom stereocenters. The van der Waals surface area contributed by atoms with E-state index in [2.05, 4.69) is 60.5 Å². The Morgan fingerprint density at radius 1 is 0.523 bits per heavy atom. The second-order valence-corrected chi connectivity index (χ2v) is 17.2. The number of aliphatic hydroxyl groups is 2. The van der Waals surface area contributed by atoms with Crippen LogP contribution in [0.2, 0.25) is 0 Å². The average Bonchev–Trinajstić information content (AvgIpc) is 3.32. The van der Waals surface area contributed by atoms with Crippen LogP contribution in [0.5, 0.6) is 23.0 Å². The molecule has 0 aliphatic rings. The minimum atomic E-state index is -0.746. The minimum absolute atomic E-state index is 0.194. The summed E-state index contributed by atoms with van der Waals surface area (Å²) in [6.07, 6.45) is 14.8. The molecule has 0 aliphatic heterocycles. The molecule has 3 N–H and O–H groups in total. The lowest BCUT2D eigenvalue weighted by Gasteiger charge is -2.25. The Morgan fingerprint density at radius 3 is 1.35 bits per heavy atom. The SMILES string of the molecule is CCCCCCCC(O)OC(CNC)COc1ccccc1CCc1ccc(OC)cc1.CCCCCCCC(O)O[C@@H](COc1ccccc1CCc1ccc(OC)cc1)CN(C)C. The number of methoxy groups -OCH3 is 2. The Labute approximate surface area is 393 Å². The summed E-state index contributed by atoms with van der Waals surface area (Å²) < 4.78 is 34.6. The summed E-state index contributed by atoms with van der Waals surface area (Å²) in [5, 5.41) is 23.8. The van der Waals surface area contributed by atoms with Crippen molar-refractivity contribution in [1.29, 1.82) is 0 Å². The first-order valence-electron chi connectivity index (χ1n) is 24.3. The fourth-order valence-corrected chi connectivity index (χ4v) is 7.55. The first-order chi connectivity index (χ1) is 31.7. The van der Waals surface area contributed by atoms with Crippen molar-refractivity contribution in [3.05, 3.63) is 119 Å². The zero-order valence-electron chi connectivity index (χ0n) is 41.0. The molecule has 0 aliphatic carbocycles. The Morgan fingerprint density at radius 2 is 0.938 bits per heavy atom. The molecule has 0 saturated carbocycles. The third kappa shape index (κ3) is 24.3. The summed E-state index contributed by atoms with van der Waals surface area (Å²) in [5.41, 5.74) is 4.87. The van der Waals surface area contributed by atoms with Crippen molar-refractivity contribution in [2.24, 2.45) is 0 Å². The molecule has 4 atom stereocenters. The summed E-state index contributed by atoms with van der Waals surface area (Å²) >= 11 is 0. The average molecular weight is 901 g/mol. The fraction of sp³-hybridized carbons (Fsp3) is 0.564. The topological polar surface area (TPSA) is 111 Å². The van der Waals surface area contributed by atoms with Gasteiger partial charge in [-0.3, -0.25) is 0 Å². The van der Waals surface area contributed by atoms with Gasteiger partial charge in [0, 0.05) is 13.1 Å². The summed E-state index contributed by atoms with van der Waals surface area (Å²) in [6, 6.07) is 32.7. The first-order valence-corrected chi connectivity index (χ1v) is 24.3. The summed E-state index contributed by atoms with van der Waals surface area (Å²) in [6.45, 7) is 6.54. The molecule has 0 amide bonds.